The number of benzene rings is 2. The number of fused-ring (bicyclic) bond motifs is 5. The molecule has 0 aliphatic carbocycles. The van der Waals surface area contributed by atoms with Crippen molar-refractivity contribution in [1.82, 2.24) is 0 Å². The van der Waals surface area contributed by atoms with Gasteiger partial charge in [-0.2, -0.15) is 5.26 Å². The molecule has 0 saturated carbocycles. The molecule has 0 radical (unpaired) electrons. The third-order valence-corrected chi connectivity index (χ3v) is 5.24. The standard InChI is InChI=1S/C18H11ClN2O4/c19-11-2-1-3-12-16(11)18(17(22)21(12)5-4-20)8-23-13-7-15-14(6-10(13)18)24-9-25-15/h1-3,6-7H,5,8-9H2. The van der Waals surface area contributed by atoms with Gasteiger partial charge in [-0.05, 0) is 18.2 Å². The van der Waals surface area contributed by atoms with Crippen molar-refractivity contribution in [3.8, 4) is 23.3 Å². The van der Waals surface area contributed by atoms with Gasteiger partial charge in [0.05, 0.1) is 11.8 Å². The monoisotopic (exact) mass is 354 g/mol. The van der Waals surface area contributed by atoms with Crippen molar-refractivity contribution < 1.29 is 19.0 Å². The van der Waals surface area contributed by atoms with Gasteiger partial charge in [-0.25, -0.2) is 0 Å². The molecule has 7 heteroatoms. The molecule has 2 aromatic carbocycles. The maximum atomic E-state index is 13.4. The second-order valence-electron chi connectivity index (χ2n) is 6.08. The van der Waals surface area contributed by atoms with Crippen molar-refractivity contribution in [2.45, 2.75) is 5.41 Å². The Kier molecular flexibility index (Phi) is 2.77. The number of nitrogens with zero attached hydrogens (tertiary/aromatic N) is 2. The van der Waals surface area contributed by atoms with Crippen molar-refractivity contribution in [1.29, 1.82) is 5.26 Å². The fraction of sp³-hybridized carbons (Fsp3) is 0.222. The van der Waals surface area contributed by atoms with Crippen LogP contribution < -0.4 is 19.1 Å². The van der Waals surface area contributed by atoms with Gasteiger partial charge in [0.25, 0.3) is 0 Å². The normalized spacial score (nSPS) is 21.9. The van der Waals surface area contributed by atoms with E-state index in [-0.39, 0.29) is 25.9 Å². The van der Waals surface area contributed by atoms with Gasteiger partial charge in [0.1, 0.15) is 24.3 Å². The number of hydrogen-bond donors (Lipinski definition) is 0. The van der Waals surface area contributed by atoms with Crippen LogP contribution in [0.2, 0.25) is 5.02 Å². The molecule has 3 aliphatic heterocycles. The van der Waals surface area contributed by atoms with E-state index in [0.717, 1.165) is 0 Å². The number of ether oxygens (including phenoxy) is 3. The van der Waals surface area contributed by atoms with E-state index in [2.05, 4.69) is 0 Å². The van der Waals surface area contributed by atoms with Crippen LogP contribution in [0.15, 0.2) is 30.3 Å². The summed E-state index contributed by atoms with van der Waals surface area (Å²) in [6.07, 6.45) is 0. The third-order valence-electron chi connectivity index (χ3n) is 4.93. The number of anilines is 1. The molecule has 0 bridgehead atoms. The average molecular weight is 355 g/mol. The summed E-state index contributed by atoms with van der Waals surface area (Å²) in [5.41, 5.74) is 0.945. The number of nitriles is 1. The Morgan fingerprint density at radius 1 is 1.20 bits per heavy atom. The zero-order chi connectivity index (χ0) is 17.2. The molecule has 2 aromatic rings. The summed E-state index contributed by atoms with van der Waals surface area (Å²) in [4.78, 5) is 14.8. The highest BCUT2D eigenvalue weighted by atomic mass is 35.5. The summed E-state index contributed by atoms with van der Waals surface area (Å²) < 4.78 is 16.7. The molecule has 3 heterocycles. The highest BCUT2D eigenvalue weighted by Crippen LogP contribution is 2.56. The number of halogens is 1. The molecule has 0 fully saturated rings. The average Bonchev–Trinajstić information content (AvgIpc) is 3.27. The first-order valence-corrected chi connectivity index (χ1v) is 8.09. The highest BCUT2D eigenvalue weighted by Gasteiger charge is 2.58. The Balaban J connectivity index is 1.80. The summed E-state index contributed by atoms with van der Waals surface area (Å²) in [7, 11) is 0. The van der Waals surface area contributed by atoms with Gasteiger partial charge < -0.3 is 14.2 Å². The number of carbonyl (C=O) groups is 1. The summed E-state index contributed by atoms with van der Waals surface area (Å²) in [6.45, 7) is 0.216. The zero-order valence-electron chi connectivity index (χ0n) is 12.9. The van der Waals surface area contributed by atoms with Crippen LogP contribution in [-0.4, -0.2) is 25.9 Å². The molecule has 0 aromatic heterocycles. The van der Waals surface area contributed by atoms with Gasteiger partial charge in [-0.1, -0.05) is 17.7 Å². The molecule has 6 nitrogen and oxygen atoms in total. The lowest BCUT2D eigenvalue weighted by Gasteiger charge is -2.22. The maximum Gasteiger partial charge on any atom is 0.246 e. The molecule has 1 spiro atoms. The van der Waals surface area contributed by atoms with E-state index in [1.807, 2.05) is 6.07 Å². The van der Waals surface area contributed by atoms with Crippen LogP contribution in [0.25, 0.3) is 0 Å². The quantitative estimate of drug-likeness (QED) is 0.736. The van der Waals surface area contributed by atoms with Gasteiger partial charge in [0.15, 0.2) is 11.5 Å². The van der Waals surface area contributed by atoms with Crippen LogP contribution in [-0.2, 0) is 10.2 Å². The van der Waals surface area contributed by atoms with Gasteiger partial charge in [0.2, 0.25) is 12.7 Å². The Morgan fingerprint density at radius 3 is 2.80 bits per heavy atom. The first-order chi connectivity index (χ1) is 12.2. The second-order valence-corrected chi connectivity index (χ2v) is 6.49. The van der Waals surface area contributed by atoms with Crippen LogP contribution in [0.5, 0.6) is 17.2 Å². The Labute approximate surface area is 148 Å². The molecule has 1 amide bonds. The largest absolute Gasteiger partial charge is 0.491 e. The SMILES string of the molecule is N#CCN1C(=O)C2(COc3cc4c(cc32)OCO4)c2c(Cl)cccc21. The Morgan fingerprint density at radius 2 is 2.00 bits per heavy atom. The van der Waals surface area contributed by atoms with Crippen molar-refractivity contribution >= 4 is 23.2 Å². The second kappa shape index (κ2) is 4.80. The van der Waals surface area contributed by atoms with Crippen LogP contribution in [0.3, 0.4) is 0 Å². The lowest BCUT2D eigenvalue weighted by Crippen LogP contribution is -2.42. The van der Waals surface area contributed by atoms with Crippen molar-refractivity contribution in [2.24, 2.45) is 0 Å². The van der Waals surface area contributed by atoms with Gasteiger partial charge in [0, 0.05) is 22.2 Å². The first-order valence-electron chi connectivity index (χ1n) is 7.71. The zero-order valence-corrected chi connectivity index (χ0v) is 13.7. The maximum absolute atomic E-state index is 13.4. The molecular formula is C18H11ClN2O4. The van der Waals surface area contributed by atoms with Gasteiger partial charge in [-0.15, -0.1) is 0 Å². The predicted molar refractivity (Wildman–Crippen MR) is 88.3 cm³/mol. The smallest absolute Gasteiger partial charge is 0.246 e. The summed E-state index contributed by atoms with van der Waals surface area (Å²) >= 11 is 6.48. The lowest BCUT2D eigenvalue weighted by atomic mass is 9.77. The van der Waals surface area contributed by atoms with Crippen molar-refractivity contribution in [3.63, 3.8) is 0 Å². The molecule has 1 unspecified atom stereocenters. The molecule has 124 valence electrons. The van der Waals surface area contributed by atoms with E-state index in [4.69, 9.17) is 31.1 Å². The van der Waals surface area contributed by atoms with Crippen LogP contribution in [0.4, 0.5) is 5.69 Å². The lowest BCUT2D eigenvalue weighted by molar-refractivity contribution is -0.122. The van der Waals surface area contributed by atoms with Gasteiger partial charge >= 0.3 is 0 Å². The Hall–Kier alpha value is -2.91. The van der Waals surface area contributed by atoms with Crippen molar-refractivity contribution in [3.05, 3.63) is 46.5 Å². The molecule has 0 N–H and O–H groups in total. The van der Waals surface area contributed by atoms with Gasteiger partial charge in [-0.3, -0.25) is 9.69 Å². The molecular weight excluding hydrogens is 344 g/mol. The van der Waals surface area contributed by atoms with E-state index in [1.165, 1.54) is 4.90 Å². The minimum Gasteiger partial charge on any atom is -0.491 e. The molecule has 25 heavy (non-hydrogen) atoms. The predicted octanol–water partition coefficient (Wildman–Crippen LogP) is 2.62. The molecule has 1 atom stereocenters. The minimum atomic E-state index is -1.07. The Bertz CT molecular complexity index is 984. The molecule has 0 saturated heterocycles. The summed E-state index contributed by atoms with van der Waals surface area (Å²) in [5.74, 6) is 1.52. The van der Waals surface area contributed by atoms with E-state index >= 15 is 0 Å². The van der Waals surface area contributed by atoms with E-state index in [9.17, 15) is 4.79 Å². The number of carbonyl (C=O) groups excluding carboxylic acids is 1. The fourth-order valence-electron chi connectivity index (χ4n) is 3.86. The van der Waals surface area contributed by atoms with Crippen LogP contribution in [0, 0.1) is 11.3 Å². The number of rotatable bonds is 1. The van der Waals surface area contributed by atoms with E-state index < -0.39 is 5.41 Å². The fourth-order valence-corrected chi connectivity index (χ4v) is 4.19. The van der Waals surface area contributed by atoms with Crippen molar-refractivity contribution in [2.75, 3.05) is 24.8 Å². The first kappa shape index (κ1) is 14.4. The number of amides is 1. The molecule has 3 aliphatic rings. The highest BCUT2D eigenvalue weighted by molar-refractivity contribution is 6.33. The van der Waals surface area contributed by atoms with E-state index in [0.29, 0.717) is 39.1 Å². The summed E-state index contributed by atoms with van der Waals surface area (Å²) in [5, 5.41) is 9.62. The van der Waals surface area contributed by atoms with Crippen LogP contribution >= 0.6 is 11.6 Å². The molecule has 5 rings (SSSR count). The third kappa shape index (κ3) is 1.66. The minimum absolute atomic E-state index is 0.0478. The van der Waals surface area contributed by atoms with Crippen LogP contribution in [0.1, 0.15) is 11.1 Å². The van der Waals surface area contributed by atoms with E-state index in [1.54, 1.807) is 30.3 Å². The topological polar surface area (TPSA) is 71.8 Å². The summed E-state index contributed by atoms with van der Waals surface area (Å²) in [6, 6.07) is 10.9. The number of hydrogen-bond acceptors (Lipinski definition) is 5.